The van der Waals surface area contributed by atoms with Crippen molar-refractivity contribution in [2.24, 2.45) is 5.92 Å². The fraction of sp³-hybridized carbons (Fsp3) is 0.632. The van der Waals surface area contributed by atoms with Crippen molar-refractivity contribution in [3.8, 4) is 0 Å². The van der Waals surface area contributed by atoms with Crippen molar-refractivity contribution in [2.75, 3.05) is 0 Å². The molecule has 0 spiro atoms. The van der Waals surface area contributed by atoms with Crippen LogP contribution in [0.25, 0.3) is 5.65 Å². The number of nitrogens with zero attached hydrogens (tertiary/aromatic N) is 3. The second kappa shape index (κ2) is 6.45. The zero-order chi connectivity index (χ0) is 19.2. The van der Waals surface area contributed by atoms with Gasteiger partial charge in [0.1, 0.15) is 11.2 Å². The standard InChI is InChI=1S/C19H28N4O3/c1-11(2)7-13-9-20-23-15-10-22(18(25)26-19(4,5)6)12(3)8-14(15)17(24)21-16(13)23/h9,11-12H,7-8,10H2,1-6H3,(H,21,24). The molecule has 1 unspecified atom stereocenters. The summed E-state index contributed by atoms with van der Waals surface area (Å²) in [6, 6.07) is -0.110. The first-order valence-corrected chi connectivity index (χ1v) is 9.17. The number of ether oxygens (including phenoxy) is 1. The molecule has 7 nitrogen and oxygen atoms in total. The highest BCUT2D eigenvalue weighted by molar-refractivity contribution is 5.69. The molecule has 0 saturated heterocycles. The molecular weight excluding hydrogens is 332 g/mol. The third-order valence-electron chi connectivity index (χ3n) is 4.56. The molecule has 1 amide bonds. The van der Waals surface area contributed by atoms with Gasteiger partial charge in [0.25, 0.3) is 5.56 Å². The van der Waals surface area contributed by atoms with E-state index in [4.69, 9.17) is 4.74 Å². The fourth-order valence-electron chi connectivity index (χ4n) is 3.41. The molecule has 0 radical (unpaired) electrons. The molecule has 142 valence electrons. The Bertz CT molecular complexity index is 889. The number of fused-ring (bicyclic) bond motifs is 3. The quantitative estimate of drug-likeness (QED) is 0.893. The molecular formula is C19H28N4O3. The van der Waals surface area contributed by atoms with E-state index in [1.165, 1.54) is 0 Å². The normalized spacial score (nSPS) is 17.7. The summed E-state index contributed by atoms with van der Waals surface area (Å²) in [5.74, 6) is 0.459. The number of amides is 1. The van der Waals surface area contributed by atoms with Crippen molar-refractivity contribution < 1.29 is 9.53 Å². The van der Waals surface area contributed by atoms with Crippen molar-refractivity contribution in [3.05, 3.63) is 33.4 Å². The Morgan fingerprint density at radius 2 is 2.12 bits per heavy atom. The number of carbonyl (C=O) groups is 1. The van der Waals surface area contributed by atoms with E-state index < -0.39 is 5.60 Å². The van der Waals surface area contributed by atoms with Crippen molar-refractivity contribution in [1.82, 2.24) is 19.5 Å². The summed E-state index contributed by atoms with van der Waals surface area (Å²) in [5, 5.41) is 4.49. The Morgan fingerprint density at radius 3 is 2.73 bits per heavy atom. The fourth-order valence-corrected chi connectivity index (χ4v) is 3.41. The molecule has 1 aliphatic rings. The van der Waals surface area contributed by atoms with Gasteiger partial charge in [0.2, 0.25) is 0 Å². The first-order chi connectivity index (χ1) is 12.1. The van der Waals surface area contributed by atoms with Crippen molar-refractivity contribution in [3.63, 3.8) is 0 Å². The van der Waals surface area contributed by atoms with E-state index in [0.29, 0.717) is 24.4 Å². The molecule has 0 aromatic carbocycles. The molecule has 1 aliphatic heterocycles. The SMILES string of the molecule is CC(C)Cc1cnn2c3c(c(=O)[nH]c12)CC(C)N(C(=O)OC(C)(C)C)C3. The molecule has 3 heterocycles. The lowest BCUT2D eigenvalue weighted by Crippen LogP contribution is -2.47. The van der Waals surface area contributed by atoms with Gasteiger partial charge in [-0.25, -0.2) is 9.31 Å². The van der Waals surface area contributed by atoms with Crippen LogP contribution in [-0.2, 0) is 24.1 Å². The molecule has 0 bridgehead atoms. The van der Waals surface area contributed by atoms with Crippen LogP contribution in [0.1, 0.15) is 58.4 Å². The highest BCUT2D eigenvalue weighted by Gasteiger charge is 2.33. The van der Waals surface area contributed by atoms with Gasteiger partial charge in [-0.1, -0.05) is 13.8 Å². The van der Waals surface area contributed by atoms with E-state index >= 15 is 0 Å². The zero-order valence-electron chi connectivity index (χ0n) is 16.4. The van der Waals surface area contributed by atoms with E-state index in [0.717, 1.165) is 23.3 Å². The Hall–Kier alpha value is -2.31. The largest absolute Gasteiger partial charge is 0.444 e. The van der Waals surface area contributed by atoms with E-state index in [-0.39, 0.29) is 17.7 Å². The molecule has 0 aliphatic carbocycles. The second-order valence-corrected chi connectivity index (χ2v) is 8.57. The number of carbonyl (C=O) groups excluding carboxylic acids is 1. The van der Waals surface area contributed by atoms with Crippen LogP contribution in [0.5, 0.6) is 0 Å². The third kappa shape index (κ3) is 3.48. The predicted octanol–water partition coefficient (Wildman–Crippen LogP) is 2.90. The minimum absolute atomic E-state index is 0.0892. The number of hydrogen-bond acceptors (Lipinski definition) is 4. The molecule has 2 aromatic rings. The van der Waals surface area contributed by atoms with E-state index in [1.807, 2.05) is 27.7 Å². The minimum atomic E-state index is -0.559. The van der Waals surface area contributed by atoms with Gasteiger partial charge >= 0.3 is 6.09 Å². The topological polar surface area (TPSA) is 79.7 Å². The third-order valence-corrected chi connectivity index (χ3v) is 4.56. The number of aromatic nitrogens is 3. The van der Waals surface area contributed by atoms with Gasteiger partial charge in [-0.3, -0.25) is 9.69 Å². The molecule has 3 rings (SSSR count). The van der Waals surface area contributed by atoms with Gasteiger partial charge in [0, 0.05) is 23.6 Å². The van der Waals surface area contributed by atoms with Gasteiger partial charge in [-0.15, -0.1) is 0 Å². The summed E-state index contributed by atoms with van der Waals surface area (Å²) in [5.41, 5.74) is 2.56. The smallest absolute Gasteiger partial charge is 0.410 e. The maximum atomic E-state index is 12.6. The number of aromatic amines is 1. The first kappa shape index (κ1) is 18.5. The zero-order valence-corrected chi connectivity index (χ0v) is 16.4. The van der Waals surface area contributed by atoms with Crippen LogP contribution in [0.3, 0.4) is 0 Å². The summed E-state index contributed by atoms with van der Waals surface area (Å²) >= 11 is 0. The van der Waals surface area contributed by atoms with Crippen LogP contribution < -0.4 is 5.56 Å². The first-order valence-electron chi connectivity index (χ1n) is 9.17. The highest BCUT2D eigenvalue weighted by Crippen LogP contribution is 2.24. The van der Waals surface area contributed by atoms with Crippen molar-refractivity contribution >= 4 is 11.7 Å². The molecule has 0 fully saturated rings. The molecule has 1 N–H and O–H groups in total. The number of hydrogen-bond donors (Lipinski definition) is 1. The maximum Gasteiger partial charge on any atom is 0.410 e. The highest BCUT2D eigenvalue weighted by atomic mass is 16.6. The van der Waals surface area contributed by atoms with Crippen molar-refractivity contribution in [1.29, 1.82) is 0 Å². The summed E-state index contributed by atoms with van der Waals surface area (Å²) < 4.78 is 7.31. The van der Waals surface area contributed by atoms with Gasteiger partial charge in [-0.2, -0.15) is 5.10 Å². The molecule has 1 atom stereocenters. The van der Waals surface area contributed by atoms with E-state index in [2.05, 4.69) is 23.9 Å². The van der Waals surface area contributed by atoms with E-state index in [1.54, 1.807) is 15.6 Å². The Balaban J connectivity index is 2.03. The molecule has 0 saturated carbocycles. The Morgan fingerprint density at radius 1 is 1.42 bits per heavy atom. The number of nitrogens with one attached hydrogen (secondary N) is 1. The minimum Gasteiger partial charge on any atom is -0.444 e. The summed E-state index contributed by atoms with van der Waals surface area (Å²) in [4.78, 5) is 29.9. The monoisotopic (exact) mass is 360 g/mol. The summed E-state index contributed by atoms with van der Waals surface area (Å²) in [7, 11) is 0. The van der Waals surface area contributed by atoms with Crippen LogP contribution in [0, 0.1) is 5.92 Å². The summed E-state index contributed by atoms with van der Waals surface area (Å²) in [6.07, 6.45) is 2.77. The van der Waals surface area contributed by atoms with Crippen LogP contribution >= 0.6 is 0 Å². The van der Waals surface area contributed by atoms with Crippen LogP contribution in [0.2, 0.25) is 0 Å². The molecule has 7 heteroatoms. The van der Waals surface area contributed by atoms with Gasteiger partial charge < -0.3 is 9.72 Å². The molecule has 2 aromatic heterocycles. The lowest BCUT2D eigenvalue weighted by atomic mass is 10.00. The number of rotatable bonds is 2. The number of H-pyrrole nitrogens is 1. The second-order valence-electron chi connectivity index (χ2n) is 8.57. The van der Waals surface area contributed by atoms with E-state index in [9.17, 15) is 9.59 Å². The lowest BCUT2D eigenvalue weighted by molar-refractivity contribution is 0.0132. The van der Waals surface area contributed by atoms with Crippen LogP contribution in [0.4, 0.5) is 4.79 Å². The van der Waals surface area contributed by atoms with Crippen LogP contribution in [0.15, 0.2) is 11.0 Å². The average molecular weight is 360 g/mol. The van der Waals surface area contributed by atoms with Gasteiger partial charge in [0.05, 0.1) is 18.4 Å². The van der Waals surface area contributed by atoms with Gasteiger partial charge in [0.15, 0.2) is 0 Å². The molecule has 26 heavy (non-hydrogen) atoms. The predicted molar refractivity (Wildman–Crippen MR) is 99.3 cm³/mol. The summed E-state index contributed by atoms with van der Waals surface area (Å²) in [6.45, 7) is 12.1. The van der Waals surface area contributed by atoms with Crippen LogP contribution in [-0.4, -0.2) is 37.2 Å². The lowest BCUT2D eigenvalue weighted by Gasteiger charge is -2.35. The van der Waals surface area contributed by atoms with Crippen molar-refractivity contribution in [2.45, 2.75) is 72.6 Å². The maximum absolute atomic E-state index is 12.6. The Labute approximate surface area is 153 Å². The van der Waals surface area contributed by atoms with Gasteiger partial charge in [-0.05, 0) is 40.0 Å². The average Bonchev–Trinajstić information content (AvgIpc) is 2.87. The Kier molecular flexibility index (Phi) is 4.58.